The SMILES string of the molecule is CC[C@H](C)[C@@H]([C@@H](CC(=O)N1CCC[C@H]1[C@H](OC)[C@@H](C)C(=O)N[C@@H](Cc1ccccc1)C(=O)NS(C)(=O)=O)OC)N(C)C(=O)[C@@H](NC(=O)C(NC)C(C)C)C(C)C. The second-order valence-electron chi connectivity index (χ2n) is 15.8. The minimum absolute atomic E-state index is 0.00636. The highest BCUT2D eigenvalue weighted by Crippen LogP contribution is 2.30. The van der Waals surface area contributed by atoms with E-state index in [2.05, 4.69) is 16.0 Å². The van der Waals surface area contributed by atoms with E-state index in [1.807, 2.05) is 52.3 Å². The van der Waals surface area contributed by atoms with E-state index >= 15 is 0 Å². The number of hydrogen-bond acceptors (Lipinski definition) is 10. The van der Waals surface area contributed by atoms with Crippen molar-refractivity contribution in [3.8, 4) is 0 Å². The number of rotatable bonds is 22. The van der Waals surface area contributed by atoms with Crippen molar-refractivity contribution in [3.05, 3.63) is 35.9 Å². The van der Waals surface area contributed by atoms with Gasteiger partial charge >= 0.3 is 0 Å². The molecule has 15 nitrogen and oxygen atoms in total. The Morgan fingerprint density at radius 3 is 2.00 bits per heavy atom. The molecule has 0 saturated carbocycles. The minimum atomic E-state index is -3.89. The molecule has 1 aromatic carbocycles. The Morgan fingerprint density at radius 1 is 0.893 bits per heavy atom. The van der Waals surface area contributed by atoms with Gasteiger partial charge in [0.15, 0.2) is 0 Å². The molecule has 0 aromatic heterocycles. The molecular formula is C40H68N6O9S. The normalized spacial score (nSPS) is 19.0. The van der Waals surface area contributed by atoms with Gasteiger partial charge < -0.3 is 35.2 Å². The quantitative estimate of drug-likeness (QED) is 0.135. The third-order valence-electron chi connectivity index (χ3n) is 11.0. The maximum atomic E-state index is 14.2. The van der Waals surface area contributed by atoms with Gasteiger partial charge in [-0.15, -0.1) is 0 Å². The van der Waals surface area contributed by atoms with E-state index in [9.17, 15) is 32.4 Å². The van der Waals surface area contributed by atoms with E-state index in [1.54, 1.807) is 55.1 Å². The minimum Gasteiger partial charge on any atom is -0.379 e. The van der Waals surface area contributed by atoms with Crippen molar-refractivity contribution in [1.82, 2.24) is 30.5 Å². The Morgan fingerprint density at radius 2 is 1.50 bits per heavy atom. The molecule has 16 heteroatoms. The predicted octanol–water partition coefficient (Wildman–Crippen LogP) is 2.09. The molecule has 0 radical (unpaired) electrons. The lowest BCUT2D eigenvalue weighted by Crippen LogP contribution is -2.59. The summed E-state index contributed by atoms with van der Waals surface area (Å²) in [4.78, 5) is 71.7. The van der Waals surface area contributed by atoms with Crippen LogP contribution in [-0.4, -0.2) is 131 Å². The van der Waals surface area contributed by atoms with Crippen LogP contribution in [0.4, 0.5) is 0 Å². The number of hydrogen-bond donors (Lipinski definition) is 4. The summed E-state index contributed by atoms with van der Waals surface area (Å²) >= 11 is 0. The molecule has 1 aromatic rings. The second-order valence-corrected chi connectivity index (χ2v) is 17.6. The van der Waals surface area contributed by atoms with Crippen LogP contribution in [0.5, 0.6) is 0 Å². The van der Waals surface area contributed by atoms with Gasteiger partial charge in [0.2, 0.25) is 33.7 Å². The molecule has 1 fully saturated rings. The summed E-state index contributed by atoms with van der Waals surface area (Å²) in [6, 6.07) is 5.47. The topological polar surface area (TPSA) is 193 Å². The lowest BCUT2D eigenvalue weighted by atomic mass is 9.89. The molecule has 0 aliphatic carbocycles. The number of likely N-dealkylation sites (tertiary alicyclic amines) is 1. The molecule has 2 rings (SSSR count). The highest BCUT2D eigenvalue weighted by molar-refractivity contribution is 7.89. The van der Waals surface area contributed by atoms with Gasteiger partial charge in [-0.25, -0.2) is 8.42 Å². The van der Waals surface area contributed by atoms with E-state index in [0.29, 0.717) is 25.8 Å². The van der Waals surface area contributed by atoms with Crippen molar-refractivity contribution >= 4 is 39.6 Å². The predicted molar refractivity (Wildman–Crippen MR) is 216 cm³/mol. The molecule has 56 heavy (non-hydrogen) atoms. The van der Waals surface area contributed by atoms with Gasteiger partial charge in [0, 0.05) is 34.2 Å². The lowest BCUT2D eigenvalue weighted by Gasteiger charge is -2.41. The van der Waals surface area contributed by atoms with Gasteiger partial charge in [-0.3, -0.25) is 28.7 Å². The summed E-state index contributed by atoms with van der Waals surface area (Å²) in [5, 5.41) is 8.72. The zero-order chi connectivity index (χ0) is 42.5. The van der Waals surface area contributed by atoms with Crippen LogP contribution in [-0.2, 0) is 49.9 Å². The highest BCUT2D eigenvalue weighted by Gasteiger charge is 2.43. The van der Waals surface area contributed by atoms with E-state index < -0.39 is 70.2 Å². The Hall–Kier alpha value is -3.60. The van der Waals surface area contributed by atoms with E-state index in [0.717, 1.165) is 11.8 Å². The number of carbonyl (C=O) groups is 5. The van der Waals surface area contributed by atoms with Gasteiger partial charge in [-0.05, 0) is 43.2 Å². The molecule has 9 atom stereocenters. The number of carbonyl (C=O) groups excluding carboxylic acids is 5. The summed E-state index contributed by atoms with van der Waals surface area (Å²) in [7, 11) is 2.49. The fraction of sp³-hybridized carbons (Fsp3) is 0.725. The molecule has 0 bridgehead atoms. The van der Waals surface area contributed by atoms with Crippen LogP contribution < -0.4 is 20.7 Å². The van der Waals surface area contributed by atoms with E-state index in [-0.39, 0.29) is 48.3 Å². The molecule has 0 spiro atoms. The standard InChI is InChI=1S/C40H68N6O9S/c1-13-26(6)35(45(9)40(51)34(25(4)5)43-39(50)33(41-8)24(2)3)31(54-10)23-32(47)46-21-17-20-30(46)36(55-11)27(7)37(48)42-29(38(49)44-56(12,52)53)22-28-18-15-14-16-19-28/h14-16,18-19,24-27,29-31,33-36,41H,13,17,20-23H2,1-12H3,(H,42,48)(H,43,50)(H,44,49)/t26-,27+,29-,30-,31+,33?,34-,35-,36+/m0/s1. The van der Waals surface area contributed by atoms with Gasteiger partial charge in [0.1, 0.15) is 12.1 Å². The van der Waals surface area contributed by atoms with Gasteiger partial charge in [-0.1, -0.05) is 85.2 Å². The van der Waals surface area contributed by atoms with Crippen molar-refractivity contribution in [2.75, 3.05) is 41.1 Å². The fourth-order valence-corrected chi connectivity index (χ4v) is 8.17. The Labute approximate surface area is 334 Å². The molecule has 4 N–H and O–H groups in total. The first-order chi connectivity index (χ1) is 26.2. The molecule has 1 aliphatic rings. The molecule has 1 aliphatic heterocycles. The van der Waals surface area contributed by atoms with Crippen LogP contribution in [0, 0.1) is 23.7 Å². The summed E-state index contributed by atoms with van der Waals surface area (Å²) < 4.78 is 37.7. The van der Waals surface area contributed by atoms with Crippen LogP contribution in [0.3, 0.4) is 0 Å². The summed E-state index contributed by atoms with van der Waals surface area (Å²) in [5.74, 6) is -3.27. The molecule has 318 valence electrons. The second kappa shape index (κ2) is 22.4. The maximum absolute atomic E-state index is 14.2. The van der Waals surface area contributed by atoms with Crippen LogP contribution >= 0.6 is 0 Å². The zero-order valence-corrected chi connectivity index (χ0v) is 36.3. The van der Waals surface area contributed by atoms with Crippen molar-refractivity contribution < 1.29 is 41.9 Å². The number of likely N-dealkylation sites (N-methyl/N-ethyl adjacent to an activating group) is 2. The first-order valence-corrected chi connectivity index (χ1v) is 21.6. The number of amides is 5. The molecule has 1 unspecified atom stereocenters. The summed E-state index contributed by atoms with van der Waals surface area (Å²) in [6.45, 7) is 13.7. The van der Waals surface area contributed by atoms with Crippen molar-refractivity contribution in [3.63, 3.8) is 0 Å². The Balaban J connectivity index is 2.31. The highest BCUT2D eigenvalue weighted by atomic mass is 32.2. The summed E-state index contributed by atoms with van der Waals surface area (Å²) in [5.41, 5.74) is 0.721. The van der Waals surface area contributed by atoms with Gasteiger partial charge in [-0.2, -0.15) is 0 Å². The smallest absolute Gasteiger partial charge is 0.256 e. The van der Waals surface area contributed by atoms with Crippen molar-refractivity contribution in [2.45, 2.75) is 123 Å². The van der Waals surface area contributed by atoms with Crippen LogP contribution in [0.25, 0.3) is 0 Å². The molecular weight excluding hydrogens is 741 g/mol. The maximum Gasteiger partial charge on any atom is 0.256 e. The number of ether oxygens (including phenoxy) is 2. The molecule has 1 heterocycles. The number of nitrogens with one attached hydrogen (secondary N) is 4. The number of nitrogens with zero attached hydrogens (tertiary/aromatic N) is 2. The first-order valence-electron chi connectivity index (χ1n) is 19.7. The number of sulfonamides is 1. The Bertz CT molecular complexity index is 1560. The first kappa shape index (κ1) is 48.5. The van der Waals surface area contributed by atoms with Crippen molar-refractivity contribution in [1.29, 1.82) is 0 Å². The lowest BCUT2D eigenvalue weighted by molar-refractivity contribution is -0.148. The molecule has 1 saturated heterocycles. The Kier molecular flexibility index (Phi) is 19.4. The zero-order valence-electron chi connectivity index (χ0n) is 35.5. The summed E-state index contributed by atoms with van der Waals surface area (Å²) in [6.07, 6.45) is 1.36. The average molecular weight is 809 g/mol. The molecule has 5 amide bonds. The third-order valence-corrected chi connectivity index (χ3v) is 11.5. The number of methoxy groups -OCH3 is 2. The van der Waals surface area contributed by atoms with Gasteiger partial charge in [0.25, 0.3) is 5.91 Å². The largest absolute Gasteiger partial charge is 0.379 e. The van der Waals surface area contributed by atoms with Crippen LogP contribution in [0.2, 0.25) is 0 Å². The fourth-order valence-electron chi connectivity index (χ4n) is 7.67. The van der Waals surface area contributed by atoms with Crippen LogP contribution in [0.15, 0.2) is 30.3 Å². The van der Waals surface area contributed by atoms with Crippen molar-refractivity contribution in [2.24, 2.45) is 23.7 Å². The van der Waals surface area contributed by atoms with Gasteiger partial charge in [0.05, 0.1) is 48.9 Å². The average Bonchev–Trinajstić information content (AvgIpc) is 3.62. The monoisotopic (exact) mass is 808 g/mol. The third kappa shape index (κ3) is 13.5. The van der Waals surface area contributed by atoms with Crippen LogP contribution in [0.1, 0.15) is 79.7 Å². The number of benzene rings is 1. The van der Waals surface area contributed by atoms with E-state index in [4.69, 9.17) is 9.47 Å². The van der Waals surface area contributed by atoms with E-state index in [1.165, 1.54) is 14.2 Å².